The van der Waals surface area contributed by atoms with Crippen LogP contribution < -0.4 is 4.90 Å². The van der Waals surface area contributed by atoms with E-state index in [-0.39, 0.29) is 23.4 Å². The predicted molar refractivity (Wildman–Crippen MR) is 165 cm³/mol. The molecule has 4 aromatic carbocycles. The fraction of sp³-hybridized carbons (Fsp3) is 0.114. The first kappa shape index (κ1) is 28.9. The molecular formula is C35H24ClFN2O5. The Balaban J connectivity index is 1.34. The van der Waals surface area contributed by atoms with Gasteiger partial charge in [-0.2, -0.15) is 0 Å². The number of carbonyl (C=O) groups is 4. The zero-order valence-electron chi connectivity index (χ0n) is 23.4. The van der Waals surface area contributed by atoms with E-state index in [0.29, 0.717) is 39.0 Å². The van der Waals surface area contributed by atoms with Crippen molar-refractivity contribution in [3.05, 3.63) is 131 Å². The second-order valence-corrected chi connectivity index (χ2v) is 10.7. The topological polar surface area (TPSA) is 93.6 Å². The van der Waals surface area contributed by atoms with Crippen LogP contribution in [0.4, 0.5) is 10.1 Å². The minimum Gasteiger partial charge on any atom is -0.450 e. The number of hydrogen-bond acceptors (Lipinski definition) is 6. The number of para-hydroxylation sites is 1. The Morgan fingerprint density at radius 3 is 2.18 bits per heavy atom. The third-order valence-corrected chi connectivity index (χ3v) is 7.74. The van der Waals surface area contributed by atoms with Gasteiger partial charge in [-0.05, 0) is 67.1 Å². The predicted octanol–water partition coefficient (Wildman–Crippen LogP) is 7.19. The summed E-state index contributed by atoms with van der Waals surface area (Å²) in [5, 5.41) is 0.542. The van der Waals surface area contributed by atoms with Crippen molar-refractivity contribution < 1.29 is 28.3 Å². The summed E-state index contributed by atoms with van der Waals surface area (Å²) in [6, 6.07) is 25.4. The summed E-state index contributed by atoms with van der Waals surface area (Å²) in [7, 11) is 0. The van der Waals surface area contributed by atoms with E-state index in [9.17, 15) is 23.6 Å². The third kappa shape index (κ3) is 5.24. The molecule has 0 saturated carbocycles. The Labute approximate surface area is 256 Å². The molecule has 1 aromatic heterocycles. The summed E-state index contributed by atoms with van der Waals surface area (Å²) < 4.78 is 19.2. The number of rotatable bonds is 8. The van der Waals surface area contributed by atoms with Gasteiger partial charge in [0.15, 0.2) is 6.10 Å². The zero-order chi connectivity index (χ0) is 31.0. The summed E-state index contributed by atoms with van der Waals surface area (Å²) in [5.74, 6) is -2.45. The number of anilines is 1. The normalized spacial score (nSPS) is 13.2. The number of halogens is 2. The van der Waals surface area contributed by atoms with E-state index >= 15 is 0 Å². The lowest BCUT2D eigenvalue weighted by molar-refractivity contribution is 0.0280. The van der Waals surface area contributed by atoms with Gasteiger partial charge in [0.05, 0.1) is 33.6 Å². The fourth-order valence-electron chi connectivity index (χ4n) is 5.25. The standard InChI is InChI=1S/C35H24ClFN2O5/c1-20-5-4-8-25-28(35(43)44-30(17-18-36)32(40)22-9-13-23(37)14-10-22)19-29(38-31(20)25)21-11-15-24(16-12-21)39-33(41)26-6-2-3-7-27(26)34(39)42/h2-16,19,30H,17-18H2,1H3. The molecule has 0 aliphatic carbocycles. The molecule has 1 aliphatic heterocycles. The van der Waals surface area contributed by atoms with E-state index in [1.165, 1.54) is 12.1 Å². The van der Waals surface area contributed by atoms with Crippen LogP contribution in [-0.2, 0) is 4.74 Å². The van der Waals surface area contributed by atoms with E-state index in [1.54, 1.807) is 66.7 Å². The summed E-state index contributed by atoms with van der Waals surface area (Å²) in [4.78, 5) is 58.6. The smallest absolute Gasteiger partial charge is 0.339 e. The van der Waals surface area contributed by atoms with Crippen molar-refractivity contribution in [3.63, 3.8) is 0 Å². The number of esters is 1. The van der Waals surface area contributed by atoms with E-state index in [0.717, 1.165) is 22.6 Å². The second kappa shape index (κ2) is 11.8. The number of nitrogens with zero attached hydrogens (tertiary/aromatic N) is 2. The lowest BCUT2D eigenvalue weighted by Crippen LogP contribution is -2.29. The van der Waals surface area contributed by atoms with Crippen LogP contribution in [0.25, 0.3) is 22.2 Å². The summed E-state index contributed by atoms with van der Waals surface area (Å²) in [5.41, 5.74) is 3.97. The number of amides is 2. The molecule has 44 heavy (non-hydrogen) atoms. The molecule has 6 rings (SSSR count). The third-order valence-electron chi connectivity index (χ3n) is 7.52. The average Bonchev–Trinajstić information content (AvgIpc) is 3.30. The Morgan fingerprint density at radius 2 is 1.55 bits per heavy atom. The molecule has 2 heterocycles. The molecule has 0 spiro atoms. The molecule has 0 N–H and O–H groups in total. The monoisotopic (exact) mass is 606 g/mol. The van der Waals surface area contributed by atoms with Crippen molar-refractivity contribution in [3.8, 4) is 11.3 Å². The number of carbonyl (C=O) groups excluding carboxylic acids is 4. The molecule has 5 aromatic rings. The summed E-state index contributed by atoms with van der Waals surface area (Å²) in [6.45, 7) is 1.87. The van der Waals surface area contributed by atoms with Crippen LogP contribution in [-0.4, -0.2) is 40.5 Å². The minimum atomic E-state index is -1.18. The average molecular weight is 607 g/mol. The van der Waals surface area contributed by atoms with Gasteiger partial charge in [0.25, 0.3) is 11.8 Å². The number of fused-ring (bicyclic) bond motifs is 2. The number of aryl methyl sites for hydroxylation is 1. The van der Waals surface area contributed by atoms with Crippen molar-refractivity contribution >= 4 is 51.8 Å². The highest BCUT2D eigenvalue weighted by Gasteiger charge is 2.36. The first-order valence-corrected chi connectivity index (χ1v) is 14.4. The van der Waals surface area contributed by atoms with Crippen molar-refractivity contribution in [2.24, 2.45) is 0 Å². The lowest BCUT2D eigenvalue weighted by atomic mass is 10.0. The van der Waals surface area contributed by atoms with Crippen LogP contribution in [0.5, 0.6) is 0 Å². The Kier molecular flexibility index (Phi) is 7.76. The van der Waals surface area contributed by atoms with E-state index in [4.69, 9.17) is 21.3 Å². The van der Waals surface area contributed by atoms with Crippen molar-refractivity contribution in [2.45, 2.75) is 19.4 Å². The number of benzene rings is 4. The first-order valence-electron chi connectivity index (χ1n) is 13.8. The lowest BCUT2D eigenvalue weighted by Gasteiger charge is -2.18. The molecule has 1 atom stereocenters. The number of ether oxygens (including phenoxy) is 1. The fourth-order valence-corrected chi connectivity index (χ4v) is 5.45. The number of aromatic nitrogens is 1. The van der Waals surface area contributed by atoms with E-state index in [1.807, 2.05) is 13.0 Å². The highest BCUT2D eigenvalue weighted by Crippen LogP contribution is 2.32. The molecule has 2 amide bonds. The summed E-state index contributed by atoms with van der Waals surface area (Å²) >= 11 is 5.95. The van der Waals surface area contributed by atoms with E-state index in [2.05, 4.69) is 0 Å². The van der Waals surface area contributed by atoms with Gasteiger partial charge in [-0.3, -0.25) is 14.4 Å². The molecule has 0 bridgehead atoms. The SMILES string of the molecule is Cc1cccc2c(C(=O)OC(CCCl)C(=O)c3ccc(F)cc3)cc(-c3ccc(N4C(=O)c5ccccc5C4=O)cc3)nc12. The van der Waals surface area contributed by atoms with Gasteiger partial charge in [0, 0.05) is 28.8 Å². The van der Waals surface area contributed by atoms with Crippen LogP contribution >= 0.6 is 11.6 Å². The van der Waals surface area contributed by atoms with Gasteiger partial charge < -0.3 is 4.74 Å². The molecule has 7 nitrogen and oxygen atoms in total. The number of imide groups is 1. The van der Waals surface area contributed by atoms with Gasteiger partial charge >= 0.3 is 5.97 Å². The van der Waals surface area contributed by atoms with Gasteiger partial charge in [-0.1, -0.05) is 42.5 Å². The maximum absolute atomic E-state index is 13.6. The molecular weight excluding hydrogens is 583 g/mol. The number of hydrogen-bond donors (Lipinski definition) is 0. The number of alkyl halides is 1. The first-order chi connectivity index (χ1) is 21.3. The molecule has 9 heteroatoms. The molecule has 0 radical (unpaired) electrons. The highest BCUT2D eigenvalue weighted by atomic mass is 35.5. The largest absolute Gasteiger partial charge is 0.450 e. The Morgan fingerprint density at radius 1 is 0.886 bits per heavy atom. The number of Topliss-reactive ketones (excluding diaryl/α,β-unsaturated/α-hetero) is 1. The molecule has 218 valence electrons. The molecule has 0 saturated heterocycles. The summed E-state index contributed by atoms with van der Waals surface area (Å²) in [6.07, 6.45) is -1.11. The van der Waals surface area contributed by atoms with Gasteiger partial charge in [-0.15, -0.1) is 11.6 Å². The molecule has 1 aliphatic rings. The van der Waals surface area contributed by atoms with Crippen molar-refractivity contribution in [1.82, 2.24) is 4.98 Å². The van der Waals surface area contributed by atoms with Crippen LogP contribution in [0.2, 0.25) is 0 Å². The number of ketones is 1. The van der Waals surface area contributed by atoms with Crippen LogP contribution in [0.15, 0.2) is 97.1 Å². The highest BCUT2D eigenvalue weighted by molar-refractivity contribution is 6.34. The number of pyridine rings is 1. The minimum absolute atomic E-state index is 0.0613. The van der Waals surface area contributed by atoms with Gasteiger partial charge in [-0.25, -0.2) is 19.1 Å². The van der Waals surface area contributed by atoms with Crippen LogP contribution in [0, 0.1) is 12.7 Å². The van der Waals surface area contributed by atoms with Gasteiger partial charge in [0.2, 0.25) is 5.78 Å². The maximum Gasteiger partial charge on any atom is 0.339 e. The molecule has 0 fully saturated rings. The quantitative estimate of drug-likeness (QED) is 0.0803. The van der Waals surface area contributed by atoms with Crippen LogP contribution in [0.3, 0.4) is 0 Å². The van der Waals surface area contributed by atoms with Gasteiger partial charge in [0.1, 0.15) is 5.82 Å². The van der Waals surface area contributed by atoms with Crippen molar-refractivity contribution in [2.75, 3.05) is 10.8 Å². The van der Waals surface area contributed by atoms with E-state index < -0.39 is 35.5 Å². The zero-order valence-corrected chi connectivity index (χ0v) is 24.2. The Bertz CT molecular complexity index is 1920. The second-order valence-electron chi connectivity index (χ2n) is 10.3. The Hall–Kier alpha value is -5.21. The van der Waals surface area contributed by atoms with Crippen molar-refractivity contribution in [1.29, 1.82) is 0 Å². The van der Waals surface area contributed by atoms with Crippen LogP contribution in [0.1, 0.15) is 53.4 Å². The molecule has 1 unspecified atom stereocenters. The maximum atomic E-state index is 13.6.